The van der Waals surface area contributed by atoms with Crippen LogP contribution in [-0.2, 0) is 9.47 Å². The molecular weight excluding hydrogens is 247 g/mol. The van der Waals surface area contributed by atoms with Crippen molar-refractivity contribution in [2.24, 2.45) is 11.3 Å². The number of hydrogen-bond acceptors (Lipinski definition) is 5. The van der Waals surface area contributed by atoms with E-state index in [1.54, 1.807) is 0 Å². The van der Waals surface area contributed by atoms with Crippen molar-refractivity contribution in [2.45, 2.75) is 31.7 Å². The number of hydrogen-bond donors (Lipinski definition) is 3. The van der Waals surface area contributed by atoms with E-state index in [1.165, 1.54) is 12.1 Å². The predicted molar refractivity (Wildman–Crippen MR) is 68.9 cm³/mol. The summed E-state index contributed by atoms with van der Waals surface area (Å²) >= 11 is 0. The third-order valence-electron chi connectivity index (χ3n) is 4.86. The molecule has 6 heteroatoms. The van der Waals surface area contributed by atoms with Gasteiger partial charge in [-0.05, 0) is 25.0 Å². The van der Waals surface area contributed by atoms with E-state index in [0.29, 0.717) is 13.2 Å². The summed E-state index contributed by atoms with van der Waals surface area (Å²) in [5, 5.41) is 28.8. The van der Waals surface area contributed by atoms with Gasteiger partial charge < -0.3 is 24.6 Å². The van der Waals surface area contributed by atoms with Crippen LogP contribution in [0.2, 0.25) is 0 Å². The maximum atomic E-state index is 10.9. The van der Waals surface area contributed by atoms with Gasteiger partial charge in [0.25, 0.3) is 0 Å². The molecule has 1 aliphatic heterocycles. The van der Waals surface area contributed by atoms with Gasteiger partial charge in [-0.1, -0.05) is 19.0 Å². The number of ether oxygens (including phenoxy) is 2. The summed E-state index contributed by atoms with van der Waals surface area (Å²) in [4.78, 5) is 0. The van der Waals surface area contributed by atoms with Gasteiger partial charge in [-0.3, -0.25) is 0 Å². The molecule has 1 spiro atoms. The molecule has 104 valence electrons. The van der Waals surface area contributed by atoms with E-state index < -0.39 is 18.5 Å². The van der Waals surface area contributed by atoms with Crippen molar-refractivity contribution in [1.29, 1.82) is 0 Å². The van der Waals surface area contributed by atoms with Gasteiger partial charge in [0.1, 0.15) is 5.60 Å². The molecule has 3 atom stereocenters. The Morgan fingerprint density at radius 3 is 2.58 bits per heavy atom. The minimum Gasteiger partial charge on any atom is -0.424 e. The topological polar surface area (TPSA) is 79.2 Å². The second kappa shape index (κ2) is 3.93. The first-order valence-electron chi connectivity index (χ1n) is 6.60. The van der Waals surface area contributed by atoms with Crippen molar-refractivity contribution in [3.05, 3.63) is 23.7 Å². The SMILES string of the molecule is CC1=CC2(OCCO2)C2CC2(C)C1(O)C=CB(O)O. The van der Waals surface area contributed by atoms with Crippen LogP contribution in [0.3, 0.4) is 0 Å². The van der Waals surface area contributed by atoms with E-state index in [1.807, 2.05) is 19.9 Å². The minimum absolute atomic E-state index is 0.0942. The molecule has 0 aromatic carbocycles. The number of rotatable bonds is 2. The van der Waals surface area contributed by atoms with Crippen LogP contribution in [0.4, 0.5) is 0 Å². The summed E-state index contributed by atoms with van der Waals surface area (Å²) in [6.07, 6.45) is 4.10. The lowest BCUT2D eigenvalue weighted by molar-refractivity contribution is -0.157. The molecule has 0 aromatic rings. The first kappa shape index (κ1) is 13.3. The molecule has 0 bridgehead atoms. The maximum absolute atomic E-state index is 10.9. The Morgan fingerprint density at radius 1 is 1.37 bits per heavy atom. The average Bonchev–Trinajstić information content (AvgIpc) is 2.86. The Morgan fingerprint density at radius 2 is 2.00 bits per heavy atom. The summed E-state index contributed by atoms with van der Waals surface area (Å²) in [7, 11) is -1.56. The van der Waals surface area contributed by atoms with Gasteiger partial charge in [0.05, 0.1) is 13.2 Å². The van der Waals surface area contributed by atoms with E-state index >= 15 is 0 Å². The summed E-state index contributed by atoms with van der Waals surface area (Å²) in [5.41, 5.74) is -0.841. The van der Waals surface area contributed by atoms with Crippen molar-refractivity contribution in [1.82, 2.24) is 0 Å². The lowest BCUT2D eigenvalue weighted by Gasteiger charge is -2.42. The Hall–Kier alpha value is -0.655. The van der Waals surface area contributed by atoms with Gasteiger partial charge in [0.15, 0.2) is 5.79 Å². The molecule has 19 heavy (non-hydrogen) atoms. The fourth-order valence-electron chi connectivity index (χ4n) is 3.61. The second-order valence-electron chi connectivity index (χ2n) is 5.96. The van der Waals surface area contributed by atoms with Crippen LogP contribution in [0.1, 0.15) is 20.3 Å². The zero-order valence-electron chi connectivity index (χ0n) is 11.2. The molecule has 0 radical (unpaired) electrons. The highest BCUT2D eigenvalue weighted by Crippen LogP contribution is 2.70. The molecule has 0 amide bonds. The lowest BCUT2D eigenvalue weighted by Crippen LogP contribution is -2.48. The quantitative estimate of drug-likeness (QED) is 0.485. The van der Waals surface area contributed by atoms with Crippen LogP contribution >= 0.6 is 0 Å². The zero-order chi connectivity index (χ0) is 13.9. The van der Waals surface area contributed by atoms with Gasteiger partial charge in [-0.25, -0.2) is 0 Å². The van der Waals surface area contributed by atoms with Gasteiger partial charge >= 0.3 is 7.12 Å². The van der Waals surface area contributed by atoms with Gasteiger partial charge in [-0.15, -0.1) is 0 Å². The molecule has 1 saturated carbocycles. The van der Waals surface area contributed by atoms with E-state index in [0.717, 1.165) is 12.0 Å². The van der Waals surface area contributed by atoms with Crippen molar-refractivity contribution in [3.8, 4) is 0 Å². The highest BCUT2D eigenvalue weighted by molar-refractivity contribution is 6.47. The van der Waals surface area contributed by atoms with E-state index in [-0.39, 0.29) is 11.3 Å². The van der Waals surface area contributed by atoms with Crippen LogP contribution in [0, 0.1) is 11.3 Å². The first-order valence-corrected chi connectivity index (χ1v) is 6.60. The van der Waals surface area contributed by atoms with Crippen LogP contribution in [0.5, 0.6) is 0 Å². The number of fused-ring (bicyclic) bond motifs is 2. The third kappa shape index (κ3) is 1.68. The maximum Gasteiger partial charge on any atom is 0.480 e. The van der Waals surface area contributed by atoms with Crippen molar-refractivity contribution in [2.75, 3.05) is 13.2 Å². The predicted octanol–water partition coefficient (Wildman–Crippen LogP) is 0.0149. The molecule has 3 unspecified atom stereocenters. The van der Waals surface area contributed by atoms with E-state index in [9.17, 15) is 5.11 Å². The average molecular weight is 266 g/mol. The summed E-state index contributed by atoms with van der Waals surface area (Å²) < 4.78 is 11.5. The molecule has 1 saturated heterocycles. The van der Waals surface area contributed by atoms with E-state index in [4.69, 9.17) is 19.5 Å². The van der Waals surface area contributed by atoms with Gasteiger partial charge in [0.2, 0.25) is 0 Å². The van der Waals surface area contributed by atoms with E-state index in [2.05, 4.69) is 0 Å². The van der Waals surface area contributed by atoms with Crippen LogP contribution in [0.25, 0.3) is 0 Å². The second-order valence-corrected chi connectivity index (χ2v) is 5.96. The Labute approximate surface area is 112 Å². The fourth-order valence-corrected chi connectivity index (χ4v) is 3.61. The molecule has 3 aliphatic rings. The Kier molecular flexibility index (Phi) is 2.76. The summed E-state index contributed by atoms with van der Waals surface area (Å²) in [5.74, 6) is 0.597. The molecule has 3 N–H and O–H groups in total. The van der Waals surface area contributed by atoms with Crippen LogP contribution < -0.4 is 0 Å². The molecule has 0 aromatic heterocycles. The fraction of sp³-hybridized carbons (Fsp3) is 0.692. The zero-order valence-corrected chi connectivity index (χ0v) is 11.2. The highest BCUT2D eigenvalue weighted by Gasteiger charge is 2.73. The van der Waals surface area contributed by atoms with Gasteiger partial charge in [0, 0.05) is 11.3 Å². The molecule has 3 rings (SSSR count). The summed E-state index contributed by atoms with van der Waals surface area (Å²) in [6.45, 7) is 4.94. The Bertz CT molecular complexity index is 454. The standard InChI is InChI=1S/C13H19BO5/c1-9-7-13(18-5-6-19-13)10-8-11(10,2)12(9,15)3-4-14(16)17/h3-4,7,10,15-17H,5-6,8H2,1-2H3. The minimum atomic E-state index is -1.56. The number of aliphatic hydroxyl groups is 1. The van der Waals surface area contributed by atoms with Gasteiger partial charge in [-0.2, -0.15) is 0 Å². The Balaban J connectivity index is 2.00. The third-order valence-corrected chi connectivity index (χ3v) is 4.86. The lowest BCUT2D eigenvalue weighted by atomic mass is 9.71. The molecule has 2 aliphatic carbocycles. The van der Waals surface area contributed by atoms with Crippen LogP contribution in [0.15, 0.2) is 23.7 Å². The van der Waals surface area contributed by atoms with Crippen molar-refractivity contribution >= 4 is 7.12 Å². The van der Waals surface area contributed by atoms with Crippen molar-refractivity contribution in [3.63, 3.8) is 0 Å². The molecule has 5 nitrogen and oxygen atoms in total. The van der Waals surface area contributed by atoms with Crippen molar-refractivity contribution < 1.29 is 24.6 Å². The molecule has 1 heterocycles. The largest absolute Gasteiger partial charge is 0.480 e. The highest BCUT2D eigenvalue weighted by atomic mass is 16.7. The van der Waals surface area contributed by atoms with Crippen LogP contribution in [-0.4, -0.2) is 46.9 Å². The summed E-state index contributed by atoms with van der Waals surface area (Å²) in [6, 6.07) is 0. The molecule has 2 fully saturated rings. The molecular formula is C13H19BO5. The monoisotopic (exact) mass is 266 g/mol. The normalized spacial score (nSPS) is 43.4. The first-order chi connectivity index (χ1) is 8.84. The smallest absolute Gasteiger partial charge is 0.424 e.